The predicted octanol–water partition coefficient (Wildman–Crippen LogP) is 5.46. The zero-order valence-corrected chi connectivity index (χ0v) is 21.9. The van der Waals surface area contributed by atoms with E-state index < -0.39 is 11.7 Å². The van der Waals surface area contributed by atoms with Gasteiger partial charge in [0.2, 0.25) is 5.91 Å². The van der Waals surface area contributed by atoms with Crippen LogP contribution in [0.25, 0.3) is 0 Å². The van der Waals surface area contributed by atoms with Gasteiger partial charge in [-0.2, -0.15) is 13.2 Å². The normalized spacial score (nSPS) is 17.9. The van der Waals surface area contributed by atoms with Gasteiger partial charge in [0.1, 0.15) is 5.75 Å². The summed E-state index contributed by atoms with van der Waals surface area (Å²) in [5.41, 5.74) is 2.12. The molecule has 202 valence electrons. The van der Waals surface area contributed by atoms with Crippen molar-refractivity contribution in [2.45, 2.75) is 44.2 Å². The molecule has 38 heavy (non-hydrogen) atoms. The number of methoxy groups -OCH3 is 1. The minimum atomic E-state index is -4.36. The van der Waals surface area contributed by atoms with E-state index in [2.05, 4.69) is 15.5 Å². The van der Waals surface area contributed by atoms with E-state index in [0.717, 1.165) is 34.6 Å². The SMILES string of the molecule is COc1ccc(CN[C@H]2C[C@@H](C(=O)NCCc3ccc(C(F)(F)F)cc3)N(Cc3ccccc3Cl)C2)cc1. The molecular weight excluding hydrogens is 515 g/mol. The van der Waals surface area contributed by atoms with Gasteiger partial charge in [-0.25, -0.2) is 0 Å². The quantitative estimate of drug-likeness (QED) is 0.355. The van der Waals surface area contributed by atoms with E-state index in [4.69, 9.17) is 16.3 Å². The molecule has 0 spiro atoms. The second-order valence-corrected chi connectivity index (χ2v) is 9.84. The van der Waals surface area contributed by atoms with Crippen LogP contribution in [0.4, 0.5) is 13.2 Å². The Balaban J connectivity index is 1.36. The predicted molar refractivity (Wildman–Crippen MR) is 142 cm³/mol. The van der Waals surface area contributed by atoms with Crippen molar-refractivity contribution in [1.82, 2.24) is 15.5 Å². The molecule has 3 aromatic rings. The molecule has 1 aliphatic rings. The number of halogens is 4. The van der Waals surface area contributed by atoms with E-state index in [1.807, 2.05) is 48.5 Å². The summed E-state index contributed by atoms with van der Waals surface area (Å²) in [5, 5.41) is 7.20. The van der Waals surface area contributed by atoms with Crippen molar-refractivity contribution in [3.8, 4) is 5.75 Å². The Hall–Kier alpha value is -3.07. The molecular formula is C29H31ClF3N3O2. The van der Waals surface area contributed by atoms with Crippen molar-refractivity contribution < 1.29 is 22.7 Å². The molecule has 3 aromatic carbocycles. The number of nitrogens with one attached hydrogen (secondary N) is 2. The Morgan fingerprint density at radius 1 is 1.03 bits per heavy atom. The second kappa shape index (κ2) is 12.7. The Morgan fingerprint density at radius 3 is 2.37 bits per heavy atom. The van der Waals surface area contributed by atoms with Crippen LogP contribution in [0.3, 0.4) is 0 Å². The lowest BCUT2D eigenvalue weighted by atomic mass is 10.1. The van der Waals surface area contributed by atoms with Gasteiger partial charge in [0.15, 0.2) is 0 Å². The average molecular weight is 546 g/mol. The summed E-state index contributed by atoms with van der Waals surface area (Å²) in [5.74, 6) is 0.700. The first-order chi connectivity index (χ1) is 18.2. The molecule has 4 rings (SSSR count). The first-order valence-electron chi connectivity index (χ1n) is 12.5. The summed E-state index contributed by atoms with van der Waals surface area (Å²) in [6.45, 7) is 2.22. The number of ether oxygens (including phenoxy) is 1. The van der Waals surface area contributed by atoms with Crippen LogP contribution in [-0.4, -0.2) is 43.1 Å². The summed E-state index contributed by atoms with van der Waals surface area (Å²) in [7, 11) is 1.63. The molecule has 0 aromatic heterocycles. The molecule has 0 bridgehead atoms. The van der Waals surface area contributed by atoms with Gasteiger partial charge in [-0.1, -0.05) is 54.1 Å². The smallest absolute Gasteiger partial charge is 0.416 e. The Kier molecular flexibility index (Phi) is 9.31. The van der Waals surface area contributed by atoms with Crippen LogP contribution in [0, 0.1) is 0 Å². The Bertz CT molecular complexity index is 1200. The highest BCUT2D eigenvalue weighted by Crippen LogP contribution is 2.29. The van der Waals surface area contributed by atoms with Crippen LogP contribution in [0.15, 0.2) is 72.8 Å². The van der Waals surface area contributed by atoms with Crippen LogP contribution in [0.1, 0.15) is 28.7 Å². The third-order valence-electron chi connectivity index (χ3n) is 6.79. The maximum absolute atomic E-state index is 13.2. The summed E-state index contributed by atoms with van der Waals surface area (Å²) < 4.78 is 43.6. The molecule has 1 aliphatic heterocycles. The average Bonchev–Trinajstić information content (AvgIpc) is 3.31. The molecule has 1 amide bonds. The van der Waals surface area contributed by atoms with Crippen molar-refractivity contribution in [3.63, 3.8) is 0 Å². The van der Waals surface area contributed by atoms with Gasteiger partial charge in [-0.3, -0.25) is 9.69 Å². The lowest BCUT2D eigenvalue weighted by Gasteiger charge is -2.24. The van der Waals surface area contributed by atoms with Gasteiger partial charge in [0.25, 0.3) is 0 Å². The second-order valence-electron chi connectivity index (χ2n) is 9.43. The zero-order valence-electron chi connectivity index (χ0n) is 21.1. The highest BCUT2D eigenvalue weighted by Gasteiger charge is 2.36. The van der Waals surface area contributed by atoms with Gasteiger partial charge in [-0.05, 0) is 59.9 Å². The number of likely N-dealkylation sites (tertiary alicyclic amines) is 1. The van der Waals surface area contributed by atoms with E-state index in [1.54, 1.807) is 7.11 Å². The lowest BCUT2D eigenvalue weighted by Crippen LogP contribution is -2.43. The van der Waals surface area contributed by atoms with E-state index >= 15 is 0 Å². The van der Waals surface area contributed by atoms with Gasteiger partial charge in [0, 0.05) is 37.2 Å². The lowest BCUT2D eigenvalue weighted by molar-refractivity contribution is -0.137. The maximum atomic E-state index is 13.2. The van der Waals surface area contributed by atoms with E-state index in [9.17, 15) is 18.0 Å². The largest absolute Gasteiger partial charge is 0.497 e. The number of amides is 1. The Labute approximate surface area is 225 Å². The monoisotopic (exact) mass is 545 g/mol. The first-order valence-corrected chi connectivity index (χ1v) is 12.9. The summed E-state index contributed by atoms with van der Waals surface area (Å²) >= 11 is 6.40. The van der Waals surface area contributed by atoms with E-state index in [1.165, 1.54) is 12.1 Å². The highest BCUT2D eigenvalue weighted by molar-refractivity contribution is 6.31. The van der Waals surface area contributed by atoms with Crippen molar-refractivity contribution >= 4 is 17.5 Å². The number of benzene rings is 3. The van der Waals surface area contributed by atoms with Crippen LogP contribution in [0.2, 0.25) is 5.02 Å². The molecule has 9 heteroatoms. The Morgan fingerprint density at radius 2 is 1.71 bits per heavy atom. The van der Waals surface area contributed by atoms with Gasteiger partial charge < -0.3 is 15.4 Å². The standard InChI is InChI=1S/C29H31ClF3N3O2/c1-38-25-12-8-21(9-13-25)17-35-24-16-27(36(19-24)18-22-4-2-3-5-26(22)30)28(37)34-15-14-20-6-10-23(11-7-20)29(31,32)33/h2-13,24,27,35H,14-19H2,1H3,(H,34,37)/t24-,27-/m0/s1. The van der Waals surface area contributed by atoms with Crippen LogP contribution >= 0.6 is 11.6 Å². The number of rotatable bonds is 10. The number of carbonyl (C=O) groups excluding carboxylic acids is 1. The fourth-order valence-electron chi connectivity index (χ4n) is 4.66. The summed E-state index contributed by atoms with van der Waals surface area (Å²) in [4.78, 5) is 15.3. The van der Waals surface area contributed by atoms with Crippen molar-refractivity contribution in [2.24, 2.45) is 0 Å². The molecule has 0 unspecified atom stereocenters. The van der Waals surface area contributed by atoms with Crippen molar-refractivity contribution in [1.29, 1.82) is 0 Å². The number of hydrogen-bond acceptors (Lipinski definition) is 4. The molecule has 0 saturated carbocycles. The summed E-state index contributed by atoms with van der Waals surface area (Å²) in [6.07, 6.45) is -3.29. The van der Waals surface area contributed by atoms with E-state index in [0.29, 0.717) is 44.0 Å². The van der Waals surface area contributed by atoms with Gasteiger partial charge in [0.05, 0.1) is 18.7 Å². The summed E-state index contributed by atoms with van der Waals surface area (Å²) in [6, 6.07) is 20.2. The molecule has 2 N–H and O–H groups in total. The van der Waals surface area contributed by atoms with Crippen LogP contribution in [-0.2, 0) is 30.5 Å². The number of hydrogen-bond donors (Lipinski definition) is 2. The fourth-order valence-corrected chi connectivity index (χ4v) is 4.85. The third-order valence-corrected chi connectivity index (χ3v) is 7.15. The fraction of sp³-hybridized carbons (Fsp3) is 0.345. The zero-order chi connectivity index (χ0) is 27.1. The van der Waals surface area contributed by atoms with Crippen LogP contribution < -0.4 is 15.4 Å². The van der Waals surface area contributed by atoms with E-state index in [-0.39, 0.29) is 18.0 Å². The molecule has 0 radical (unpaired) electrons. The van der Waals surface area contributed by atoms with Gasteiger partial charge >= 0.3 is 6.18 Å². The minimum absolute atomic E-state index is 0.0993. The highest BCUT2D eigenvalue weighted by atomic mass is 35.5. The number of nitrogens with zero attached hydrogens (tertiary/aromatic N) is 1. The topological polar surface area (TPSA) is 53.6 Å². The molecule has 2 atom stereocenters. The van der Waals surface area contributed by atoms with Crippen LogP contribution in [0.5, 0.6) is 5.75 Å². The first kappa shape index (κ1) is 28.0. The maximum Gasteiger partial charge on any atom is 0.416 e. The molecule has 5 nitrogen and oxygen atoms in total. The molecule has 1 fully saturated rings. The molecule has 0 aliphatic carbocycles. The third kappa shape index (κ3) is 7.49. The number of alkyl halides is 3. The molecule has 1 heterocycles. The van der Waals surface area contributed by atoms with Gasteiger partial charge in [-0.15, -0.1) is 0 Å². The van der Waals surface area contributed by atoms with Crippen molar-refractivity contribution in [3.05, 3.63) is 100 Å². The number of carbonyl (C=O) groups is 1. The van der Waals surface area contributed by atoms with Crippen molar-refractivity contribution in [2.75, 3.05) is 20.2 Å². The molecule has 1 saturated heterocycles. The minimum Gasteiger partial charge on any atom is -0.497 e.